The van der Waals surface area contributed by atoms with Gasteiger partial charge in [0.2, 0.25) is 0 Å². The smallest absolute Gasteiger partial charge is 0.337 e. The van der Waals surface area contributed by atoms with Crippen LogP contribution in [0, 0.1) is 0 Å². The molecule has 0 aliphatic carbocycles. The van der Waals surface area contributed by atoms with Crippen molar-refractivity contribution in [1.29, 1.82) is 0 Å². The van der Waals surface area contributed by atoms with Gasteiger partial charge in [-0.15, -0.1) is 0 Å². The lowest BCUT2D eigenvalue weighted by Gasteiger charge is -2.19. The molecule has 1 amide bonds. The van der Waals surface area contributed by atoms with Crippen LogP contribution < -0.4 is 15.0 Å². The van der Waals surface area contributed by atoms with Crippen molar-refractivity contribution in [3.05, 3.63) is 60.2 Å². The van der Waals surface area contributed by atoms with E-state index in [1.54, 1.807) is 24.3 Å². The van der Waals surface area contributed by atoms with Gasteiger partial charge in [-0.25, -0.2) is 4.79 Å². The first-order valence-electron chi connectivity index (χ1n) is 8.44. The van der Waals surface area contributed by atoms with Gasteiger partial charge < -0.3 is 19.7 Å². The van der Waals surface area contributed by atoms with Crippen molar-refractivity contribution in [3.8, 4) is 5.75 Å². The van der Waals surface area contributed by atoms with Gasteiger partial charge in [0.15, 0.2) is 6.61 Å². The molecule has 6 nitrogen and oxygen atoms in total. The number of rotatable bonds is 9. The number of methoxy groups -OCH3 is 1. The maximum atomic E-state index is 11.8. The van der Waals surface area contributed by atoms with Crippen LogP contribution in [0.4, 0.5) is 5.69 Å². The van der Waals surface area contributed by atoms with Crippen LogP contribution in [0.15, 0.2) is 54.6 Å². The van der Waals surface area contributed by atoms with E-state index in [0.717, 1.165) is 18.7 Å². The predicted octanol–water partition coefficient (Wildman–Crippen LogP) is 2.49. The normalized spacial score (nSPS) is 10.1. The Balaban J connectivity index is 1.64. The third-order valence-corrected chi connectivity index (χ3v) is 3.83. The molecule has 6 heteroatoms. The van der Waals surface area contributed by atoms with Crippen molar-refractivity contribution < 1.29 is 19.1 Å². The summed E-state index contributed by atoms with van der Waals surface area (Å²) >= 11 is 0. The van der Waals surface area contributed by atoms with Crippen molar-refractivity contribution in [2.45, 2.75) is 6.42 Å². The second kappa shape index (κ2) is 10.1. The molecular formula is C20H24N2O4. The van der Waals surface area contributed by atoms with Crippen LogP contribution in [0.25, 0.3) is 0 Å². The van der Waals surface area contributed by atoms with Gasteiger partial charge in [0.05, 0.1) is 12.7 Å². The summed E-state index contributed by atoms with van der Waals surface area (Å²) in [7, 11) is 3.35. The minimum atomic E-state index is -0.408. The molecule has 0 unspecified atom stereocenters. The van der Waals surface area contributed by atoms with Gasteiger partial charge in [-0.1, -0.05) is 18.2 Å². The zero-order valence-electron chi connectivity index (χ0n) is 15.1. The van der Waals surface area contributed by atoms with Gasteiger partial charge in [0, 0.05) is 25.8 Å². The molecule has 26 heavy (non-hydrogen) atoms. The Bertz CT molecular complexity index is 702. The van der Waals surface area contributed by atoms with E-state index >= 15 is 0 Å². The van der Waals surface area contributed by atoms with Crippen LogP contribution in [0.3, 0.4) is 0 Å². The zero-order chi connectivity index (χ0) is 18.8. The topological polar surface area (TPSA) is 67.9 Å². The molecule has 0 radical (unpaired) electrons. The summed E-state index contributed by atoms with van der Waals surface area (Å²) < 4.78 is 10.0. The number of nitrogens with one attached hydrogen (secondary N) is 1. The van der Waals surface area contributed by atoms with Crippen molar-refractivity contribution in [1.82, 2.24) is 5.32 Å². The van der Waals surface area contributed by atoms with E-state index in [1.165, 1.54) is 7.11 Å². The summed E-state index contributed by atoms with van der Waals surface area (Å²) in [5.74, 6) is -0.0595. The SMILES string of the molecule is COC(=O)c1ccc(OCC(=O)NCCCN(C)c2ccccc2)cc1. The van der Waals surface area contributed by atoms with Crippen LogP contribution in [0.1, 0.15) is 16.8 Å². The fourth-order valence-electron chi connectivity index (χ4n) is 2.36. The van der Waals surface area contributed by atoms with E-state index in [1.807, 2.05) is 25.2 Å². The monoisotopic (exact) mass is 356 g/mol. The summed E-state index contributed by atoms with van der Waals surface area (Å²) in [5, 5.41) is 2.83. The second-order valence-electron chi connectivity index (χ2n) is 5.77. The molecule has 2 aromatic carbocycles. The molecule has 0 spiro atoms. The first-order chi connectivity index (χ1) is 12.6. The number of anilines is 1. The lowest BCUT2D eigenvalue weighted by Crippen LogP contribution is -2.31. The highest BCUT2D eigenvalue weighted by Crippen LogP contribution is 2.13. The van der Waals surface area contributed by atoms with Crippen LogP contribution in [0.2, 0.25) is 0 Å². The lowest BCUT2D eigenvalue weighted by atomic mass is 10.2. The number of carbonyl (C=O) groups excluding carboxylic acids is 2. The molecule has 0 aliphatic heterocycles. The van der Waals surface area contributed by atoms with E-state index in [-0.39, 0.29) is 12.5 Å². The van der Waals surface area contributed by atoms with Gasteiger partial charge in [0.25, 0.3) is 5.91 Å². The Labute approximate surface area is 153 Å². The third-order valence-electron chi connectivity index (χ3n) is 3.83. The number of hydrogen-bond acceptors (Lipinski definition) is 5. The molecule has 0 aliphatic rings. The quantitative estimate of drug-likeness (QED) is 0.552. The highest BCUT2D eigenvalue weighted by molar-refractivity contribution is 5.89. The molecule has 138 valence electrons. The Kier molecular flexibility index (Phi) is 7.49. The second-order valence-corrected chi connectivity index (χ2v) is 5.77. The first kappa shape index (κ1) is 19.3. The predicted molar refractivity (Wildman–Crippen MR) is 101 cm³/mol. The van der Waals surface area contributed by atoms with Gasteiger partial charge in [-0.05, 0) is 42.8 Å². The number of benzene rings is 2. The molecule has 0 saturated heterocycles. The molecule has 1 N–H and O–H groups in total. The van der Waals surface area contributed by atoms with E-state index in [4.69, 9.17) is 4.74 Å². The Morgan fingerprint density at radius 3 is 2.38 bits per heavy atom. The minimum absolute atomic E-state index is 0.0634. The summed E-state index contributed by atoms with van der Waals surface area (Å²) in [5.41, 5.74) is 1.59. The molecule has 2 rings (SSSR count). The molecule has 2 aromatic rings. The number of hydrogen-bond donors (Lipinski definition) is 1. The first-order valence-corrected chi connectivity index (χ1v) is 8.44. The molecular weight excluding hydrogens is 332 g/mol. The Morgan fingerprint density at radius 1 is 1.04 bits per heavy atom. The minimum Gasteiger partial charge on any atom is -0.484 e. The van der Waals surface area contributed by atoms with E-state index in [2.05, 4.69) is 27.1 Å². The molecule has 0 bridgehead atoms. The molecule has 0 heterocycles. The highest BCUT2D eigenvalue weighted by Gasteiger charge is 2.06. The molecule has 0 saturated carbocycles. The average Bonchev–Trinajstić information content (AvgIpc) is 2.70. The number of amides is 1. The number of esters is 1. The molecule has 0 aromatic heterocycles. The van der Waals surface area contributed by atoms with Crippen molar-refractivity contribution in [2.24, 2.45) is 0 Å². The Hall–Kier alpha value is -3.02. The zero-order valence-corrected chi connectivity index (χ0v) is 15.1. The van der Waals surface area contributed by atoms with Crippen LogP contribution in [-0.4, -0.2) is 45.7 Å². The summed E-state index contributed by atoms with van der Waals surface area (Å²) in [4.78, 5) is 25.3. The van der Waals surface area contributed by atoms with Gasteiger partial charge in [0.1, 0.15) is 5.75 Å². The van der Waals surface area contributed by atoms with Crippen molar-refractivity contribution in [2.75, 3.05) is 38.8 Å². The van der Waals surface area contributed by atoms with Crippen LogP contribution in [-0.2, 0) is 9.53 Å². The average molecular weight is 356 g/mol. The fourth-order valence-corrected chi connectivity index (χ4v) is 2.36. The summed E-state index contributed by atoms with van der Waals surface area (Å²) in [6.45, 7) is 1.37. The molecule has 0 fully saturated rings. The van der Waals surface area contributed by atoms with Crippen LogP contribution >= 0.6 is 0 Å². The van der Waals surface area contributed by atoms with Gasteiger partial charge in [-0.3, -0.25) is 4.79 Å². The molecule has 0 atom stereocenters. The summed E-state index contributed by atoms with van der Waals surface area (Å²) in [6.07, 6.45) is 0.838. The van der Waals surface area contributed by atoms with E-state index < -0.39 is 5.97 Å². The lowest BCUT2D eigenvalue weighted by molar-refractivity contribution is -0.123. The largest absolute Gasteiger partial charge is 0.484 e. The summed E-state index contributed by atoms with van der Waals surface area (Å²) in [6, 6.07) is 16.6. The van der Waals surface area contributed by atoms with Gasteiger partial charge >= 0.3 is 5.97 Å². The Morgan fingerprint density at radius 2 is 1.73 bits per heavy atom. The number of nitrogens with zero attached hydrogens (tertiary/aromatic N) is 1. The number of para-hydroxylation sites is 1. The van der Waals surface area contributed by atoms with Crippen molar-refractivity contribution >= 4 is 17.6 Å². The number of carbonyl (C=O) groups is 2. The van der Waals surface area contributed by atoms with Crippen molar-refractivity contribution in [3.63, 3.8) is 0 Å². The third kappa shape index (κ3) is 6.12. The highest BCUT2D eigenvalue weighted by atomic mass is 16.5. The van der Waals surface area contributed by atoms with Crippen LogP contribution in [0.5, 0.6) is 5.75 Å². The standard InChI is InChI=1S/C20H24N2O4/c1-22(17-7-4-3-5-8-17)14-6-13-21-19(23)15-26-18-11-9-16(10-12-18)20(24)25-2/h3-5,7-12H,6,13-15H2,1-2H3,(H,21,23). The number of ether oxygens (including phenoxy) is 2. The maximum Gasteiger partial charge on any atom is 0.337 e. The fraction of sp³-hybridized carbons (Fsp3) is 0.300. The van der Waals surface area contributed by atoms with E-state index in [0.29, 0.717) is 17.9 Å². The van der Waals surface area contributed by atoms with Gasteiger partial charge in [-0.2, -0.15) is 0 Å². The van der Waals surface area contributed by atoms with E-state index in [9.17, 15) is 9.59 Å². The maximum absolute atomic E-state index is 11.8.